The van der Waals surface area contributed by atoms with Crippen molar-refractivity contribution in [3.05, 3.63) is 66.2 Å². The molecule has 0 atom stereocenters. The number of amides is 1. The summed E-state index contributed by atoms with van der Waals surface area (Å²) in [6.07, 6.45) is 3.34. The molecule has 0 radical (unpaired) electrons. The van der Waals surface area contributed by atoms with E-state index < -0.39 is 0 Å². The van der Waals surface area contributed by atoms with Gasteiger partial charge in [0.25, 0.3) is 5.91 Å². The Hall–Kier alpha value is -2.55. The smallest absolute Gasteiger partial charge is 0.250 e. The molecule has 2 rings (SSSR count). The molecule has 0 saturated carbocycles. The standard InChI is InChI=1S/C17H17NO2/c1-18(15-8-4-3-5-9-15)17(19)12-11-14-7-6-10-16(13-14)20-2/h3-13H,1-2H3/b12-11+. The molecule has 0 aliphatic rings. The van der Waals surface area contributed by atoms with E-state index in [1.54, 1.807) is 31.2 Å². The number of hydrogen-bond acceptors (Lipinski definition) is 2. The van der Waals surface area contributed by atoms with Crippen molar-refractivity contribution in [1.82, 2.24) is 0 Å². The van der Waals surface area contributed by atoms with Crippen molar-refractivity contribution in [1.29, 1.82) is 0 Å². The number of carbonyl (C=O) groups excluding carboxylic acids is 1. The maximum absolute atomic E-state index is 12.1. The van der Waals surface area contributed by atoms with Crippen molar-refractivity contribution in [2.24, 2.45) is 0 Å². The summed E-state index contributed by atoms with van der Waals surface area (Å²) >= 11 is 0. The molecule has 2 aromatic rings. The number of anilines is 1. The Morgan fingerprint density at radius 3 is 2.55 bits per heavy atom. The van der Waals surface area contributed by atoms with Crippen LogP contribution in [0.4, 0.5) is 5.69 Å². The number of methoxy groups -OCH3 is 1. The van der Waals surface area contributed by atoms with Crippen LogP contribution >= 0.6 is 0 Å². The molecule has 0 spiro atoms. The zero-order chi connectivity index (χ0) is 14.4. The van der Waals surface area contributed by atoms with Crippen molar-refractivity contribution in [3.63, 3.8) is 0 Å². The van der Waals surface area contributed by atoms with Gasteiger partial charge in [0.05, 0.1) is 7.11 Å². The largest absolute Gasteiger partial charge is 0.497 e. The first-order valence-corrected chi connectivity index (χ1v) is 6.35. The van der Waals surface area contributed by atoms with Crippen LogP contribution < -0.4 is 9.64 Å². The second-order valence-corrected chi connectivity index (χ2v) is 4.34. The number of carbonyl (C=O) groups is 1. The average Bonchev–Trinajstić information content (AvgIpc) is 2.53. The highest BCUT2D eigenvalue weighted by Gasteiger charge is 2.06. The average molecular weight is 267 g/mol. The highest BCUT2D eigenvalue weighted by Crippen LogP contribution is 2.15. The third-order valence-corrected chi connectivity index (χ3v) is 2.99. The van der Waals surface area contributed by atoms with Crippen LogP contribution in [0.2, 0.25) is 0 Å². The number of para-hydroxylation sites is 1. The molecule has 0 aliphatic carbocycles. The van der Waals surface area contributed by atoms with Gasteiger partial charge in [-0.25, -0.2) is 0 Å². The van der Waals surface area contributed by atoms with Crippen molar-refractivity contribution < 1.29 is 9.53 Å². The topological polar surface area (TPSA) is 29.5 Å². The Labute approximate surface area is 119 Å². The van der Waals surface area contributed by atoms with Crippen molar-refractivity contribution in [2.45, 2.75) is 0 Å². The van der Waals surface area contributed by atoms with E-state index in [2.05, 4.69) is 0 Å². The minimum absolute atomic E-state index is 0.0704. The third kappa shape index (κ3) is 3.48. The number of likely N-dealkylation sites (N-methyl/N-ethyl adjacent to an activating group) is 1. The summed E-state index contributed by atoms with van der Waals surface area (Å²) in [5.41, 5.74) is 1.80. The molecule has 3 nitrogen and oxygen atoms in total. The summed E-state index contributed by atoms with van der Waals surface area (Å²) in [5.74, 6) is 0.704. The molecule has 0 N–H and O–H groups in total. The third-order valence-electron chi connectivity index (χ3n) is 2.99. The summed E-state index contributed by atoms with van der Waals surface area (Å²) < 4.78 is 5.15. The summed E-state index contributed by atoms with van der Waals surface area (Å²) in [4.78, 5) is 13.7. The predicted molar refractivity (Wildman–Crippen MR) is 81.9 cm³/mol. The van der Waals surface area contributed by atoms with Crippen LogP contribution in [0.25, 0.3) is 6.08 Å². The van der Waals surface area contributed by atoms with Crippen molar-refractivity contribution in [2.75, 3.05) is 19.1 Å². The lowest BCUT2D eigenvalue weighted by atomic mass is 10.2. The number of nitrogens with zero attached hydrogens (tertiary/aromatic N) is 1. The van der Waals surface area contributed by atoms with Gasteiger partial charge in [-0.1, -0.05) is 30.3 Å². The second-order valence-electron chi connectivity index (χ2n) is 4.34. The summed E-state index contributed by atoms with van der Waals surface area (Å²) in [7, 11) is 3.38. The van der Waals surface area contributed by atoms with Gasteiger partial charge in [0.15, 0.2) is 0 Å². The van der Waals surface area contributed by atoms with E-state index in [1.165, 1.54) is 0 Å². The molecule has 3 heteroatoms. The Morgan fingerprint density at radius 1 is 1.10 bits per heavy atom. The highest BCUT2D eigenvalue weighted by molar-refractivity contribution is 6.03. The van der Waals surface area contributed by atoms with Gasteiger partial charge in [-0.15, -0.1) is 0 Å². The molecule has 0 aromatic heterocycles. The number of rotatable bonds is 4. The normalized spacial score (nSPS) is 10.5. The van der Waals surface area contributed by atoms with Gasteiger partial charge in [0.1, 0.15) is 5.75 Å². The zero-order valence-corrected chi connectivity index (χ0v) is 11.6. The highest BCUT2D eigenvalue weighted by atomic mass is 16.5. The van der Waals surface area contributed by atoms with Crippen LogP contribution in [0.15, 0.2) is 60.7 Å². The van der Waals surface area contributed by atoms with Crippen LogP contribution in [0.1, 0.15) is 5.56 Å². The quantitative estimate of drug-likeness (QED) is 0.795. The van der Waals surface area contributed by atoms with Crippen LogP contribution in [0, 0.1) is 0 Å². The molecular formula is C17H17NO2. The molecule has 0 unspecified atom stereocenters. The Bertz CT molecular complexity index is 605. The minimum Gasteiger partial charge on any atom is -0.497 e. The Balaban J connectivity index is 2.09. The van der Waals surface area contributed by atoms with Crippen LogP contribution in [-0.2, 0) is 4.79 Å². The fourth-order valence-electron chi connectivity index (χ4n) is 1.80. The van der Waals surface area contributed by atoms with Gasteiger partial charge in [-0.2, -0.15) is 0 Å². The minimum atomic E-state index is -0.0704. The van der Waals surface area contributed by atoms with Crippen molar-refractivity contribution in [3.8, 4) is 5.75 Å². The molecule has 0 heterocycles. The number of hydrogen-bond donors (Lipinski definition) is 0. The van der Waals surface area contributed by atoms with Crippen LogP contribution in [0.3, 0.4) is 0 Å². The lowest BCUT2D eigenvalue weighted by molar-refractivity contribution is -0.113. The van der Waals surface area contributed by atoms with Crippen LogP contribution in [0.5, 0.6) is 5.75 Å². The molecule has 0 bridgehead atoms. The summed E-state index contributed by atoms with van der Waals surface area (Å²) in [5, 5.41) is 0. The van der Waals surface area contributed by atoms with Gasteiger partial charge in [-0.3, -0.25) is 4.79 Å². The Morgan fingerprint density at radius 2 is 1.85 bits per heavy atom. The molecule has 0 aliphatic heterocycles. The van der Waals surface area contributed by atoms with E-state index in [0.29, 0.717) is 0 Å². The lowest BCUT2D eigenvalue weighted by Crippen LogP contribution is -2.23. The number of ether oxygens (including phenoxy) is 1. The maximum Gasteiger partial charge on any atom is 0.250 e. The molecule has 0 saturated heterocycles. The van der Waals surface area contributed by atoms with E-state index in [9.17, 15) is 4.79 Å². The monoisotopic (exact) mass is 267 g/mol. The molecule has 102 valence electrons. The van der Waals surface area contributed by atoms with E-state index in [4.69, 9.17) is 4.74 Å². The first-order valence-electron chi connectivity index (χ1n) is 6.35. The van der Waals surface area contributed by atoms with E-state index >= 15 is 0 Å². The molecule has 2 aromatic carbocycles. The van der Waals surface area contributed by atoms with Gasteiger partial charge < -0.3 is 9.64 Å². The van der Waals surface area contributed by atoms with Crippen LogP contribution in [-0.4, -0.2) is 20.1 Å². The Kier molecular flexibility index (Phi) is 4.56. The second kappa shape index (κ2) is 6.57. The fraction of sp³-hybridized carbons (Fsp3) is 0.118. The zero-order valence-electron chi connectivity index (χ0n) is 11.6. The van der Waals surface area contributed by atoms with Gasteiger partial charge >= 0.3 is 0 Å². The fourth-order valence-corrected chi connectivity index (χ4v) is 1.80. The van der Waals surface area contributed by atoms with Crippen molar-refractivity contribution >= 4 is 17.7 Å². The lowest BCUT2D eigenvalue weighted by Gasteiger charge is -2.14. The van der Waals surface area contributed by atoms with Gasteiger partial charge in [0, 0.05) is 18.8 Å². The summed E-state index contributed by atoms with van der Waals surface area (Å²) in [6.45, 7) is 0. The van der Waals surface area contributed by atoms with Gasteiger partial charge in [-0.05, 0) is 35.9 Å². The first kappa shape index (κ1) is 13.9. The first-order chi connectivity index (χ1) is 9.70. The molecule has 1 amide bonds. The maximum atomic E-state index is 12.1. The predicted octanol–water partition coefficient (Wildman–Crippen LogP) is 3.37. The number of benzene rings is 2. The SMILES string of the molecule is COc1cccc(/C=C/C(=O)N(C)c2ccccc2)c1. The molecule has 20 heavy (non-hydrogen) atoms. The molecule has 0 fully saturated rings. The summed E-state index contributed by atoms with van der Waals surface area (Å²) in [6, 6.07) is 17.1. The van der Waals surface area contributed by atoms with E-state index in [-0.39, 0.29) is 5.91 Å². The molecular weight excluding hydrogens is 250 g/mol. The van der Waals surface area contributed by atoms with E-state index in [1.807, 2.05) is 54.6 Å². The van der Waals surface area contributed by atoms with E-state index in [0.717, 1.165) is 17.0 Å². The van der Waals surface area contributed by atoms with Gasteiger partial charge in [0.2, 0.25) is 0 Å².